The maximum atomic E-state index is 5.39. The van der Waals surface area contributed by atoms with E-state index in [0.717, 1.165) is 37.8 Å². The molecule has 0 unspecified atom stereocenters. The Balaban J connectivity index is 0.00000364. The molecule has 0 aliphatic heterocycles. The van der Waals surface area contributed by atoms with Gasteiger partial charge in [-0.05, 0) is 51.3 Å². The molecule has 152 valence electrons. The van der Waals surface area contributed by atoms with Crippen LogP contribution in [0.25, 0.3) is 0 Å². The molecule has 0 aliphatic rings. The largest absolute Gasteiger partial charge is 0.469 e. The number of aliphatic imine (C=N–C) groups is 1. The van der Waals surface area contributed by atoms with E-state index in [1.54, 1.807) is 17.6 Å². The third-order valence-corrected chi connectivity index (χ3v) is 5.07. The van der Waals surface area contributed by atoms with Gasteiger partial charge in [0.25, 0.3) is 0 Å². The number of rotatable bonds is 10. The lowest BCUT2D eigenvalue weighted by molar-refractivity contribution is 0.178. The number of hydrogen-bond acceptors (Lipinski definition) is 4. The van der Waals surface area contributed by atoms with Gasteiger partial charge in [-0.2, -0.15) is 0 Å². The Kier molecular flexibility index (Phi) is 11.7. The quantitative estimate of drug-likeness (QED) is 0.287. The fraction of sp³-hybridized carbons (Fsp3) is 0.550. The molecule has 0 spiro atoms. The van der Waals surface area contributed by atoms with E-state index >= 15 is 0 Å². The van der Waals surface area contributed by atoms with E-state index in [1.807, 2.05) is 12.1 Å². The van der Waals surface area contributed by atoms with Crippen molar-refractivity contribution in [2.75, 3.05) is 19.6 Å². The van der Waals surface area contributed by atoms with Gasteiger partial charge in [0, 0.05) is 43.0 Å². The summed E-state index contributed by atoms with van der Waals surface area (Å²) in [6.45, 7) is 12.3. The Labute approximate surface area is 184 Å². The van der Waals surface area contributed by atoms with Crippen molar-refractivity contribution in [2.45, 2.75) is 52.7 Å². The maximum absolute atomic E-state index is 5.39. The van der Waals surface area contributed by atoms with Crippen molar-refractivity contribution in [1.29, 1.82) is 0 Å². The van der Waals surface area contributed by atoms with Gasteiger partial charge in [-0.25, -0.2) is 4.99 Å². The van der Waals surface area contributed by atoms with Gasteiger partial charge in [-0.15, -0.1) is 35.3 Å². The van der Waals surface area contributed by atoms with Crippen molar-refractivity contribution >= 4 is 41.3 Å². The monoisotopic (exact) mass is 504 g/mol. The van der Waals surface area contributed by atoms with Gasteiger partial charge in [-0.3, -0.25) is 4.90 Å². The molecule has 2 aromatic heterocycles. The summed E-state index contributed by atoms with van der Waals surface area (Å²) in [5.74, 6) is 1.85. The van der Waals surface area contributed by atoms with E-state index < -0.39 is 0 Å². The second-order valence-electron chi connectivity index (χ2n) is 6.85. The van der Waals surface area contributed by atoms with Crippen LogP contribution in [0.15, 0.2) is 45.3 Å². The number of hydrogen-bond donors (Lipinski definition) is 2. The van der Waals surface area contributed by atoms with Gasteiger partial charge in [0.2, 0.25) is 0 Å². The molecule has 0 saturated heterocycles. The van der Waals surface area contributed by atoms with Crippen molar-refractivity contribution in [2.24, 2.45) is 4.99 Å². The van der Waals surface area contributed by atoms with Crippen LogP contribution in [0.5, 0.6) is 0 Å². The van der Waals surface area contributed by atoms with Gasteiger partial charge < -0.3 is 15.1 Å². The minimum absolute atomic E-state index is 0. The Bertz CT molecular complexity index is 618. The third kappa shape index (κ3) is 9.12. The molecule has 27 heavy (non-hydrogen) atoms. The molecule has 0 amide bonds. The Hall–Kier alpha value is -1.06. The highest BCUT2D eigenvalue weighted by atomic mass is 127. The van der Waals surface area contributed by atoms with Crippen LogP contribution in [-0.2, 0) is 13.0 Å². The zero-order valence-electron chi connectivity index (χ0n) is 16.8. The first-order valence-corrected chi connectivity index (χ1v) is 10.3. The third-order valence-electron chi connectivity index (χ3n) is 4.21. The highest BCUT2D eigenvalue weighted by Gasteiger charge is 2.12. The van der Waals surface area contributed by atoms with E-state index in [9.17, 15) is 0 Å². The van der Waals surface area contributed by atoms with E-state index in [4.69, 9.17) is 9.41 Å². The molecular weight excluding hydrogens is 471 g/mol. The van der Waals surface area contributed by atoms with Crippen molar-refractivity contribution in [3.05, 3.63) is 46.5 Å². The summed E-state index contributed by atoms with van der Waals surface area (Å²) < 4.78 is 5.39. The topological polar surface area (TPSA) is 52.8 Å². The average Bonchev–Trinajstić information content (AvgIpc) is 3.28. The van der Waals surface area contributed by atoms with Crippen molar-refractivity contribution in [3.8, 4) is 0 Å². The lowest BCUT2D eigenvalue weighted by atomic mass is 10.2. The highest BCUT2D eigenvalue weighted by molar-refractivity contribution is 14.0. The van der Waals surface area contributed by atoms with Crippen molar-refractivity contribution < 1.29 is 4.42 Å². The lowest BCUT2D eigenvalue weighted by Crippen LogP contribution is -2.45. The maximum Gasteiger partial charge on any atom is 0.191 e. The predicted molar refractivity (Wildman–Crippen MR) is 126 cm³/mol. The summed E-state index contributed by atoms with van der Waals surface area (Å²) in [7, 11) is 0. The summed E-state index contributed by atoms with van der Waals surface area (Å²) in [4.78, 5) is 8.47. The van der Waals surface area contributed by atoms with Crippen LogP contribution in [0.1, 0.15) is 38.3 Å². The molecule has 0 aliphatic carbocycles. The second-order valence-corrected chi connectivity index (χ2v) is 7.88. The summed E-state index contributed by atoms with van der Waals surface area (Å²) in [5.41, 5.74) is 0. The summed E-state index contributed by atoms with van der Waals surface area (Å²) in [6.07, 6.45) is 2.56. The Morgan fingerprint density at radius 1 is 1.11 bits per heavy atom. The summed E-state index contributed by atoms with van der Waals surface area (Å²) >= 11 is 1.74. The average molecular weight is 504 g/mol. The molecule has 7 heteroatoms. The first kappa shape index (κ1) is 24.0. The smallest absolute Gasteiger partial charge is 0.191 e. The number of furan rings is 1. The summed E-state index contributed by atoms with van der Waals surface area (Å²) in [5, 5.41) is 8.98. The Morgan fingerprint density at radius 2 is 1.85 bits per heavy atom. The fourth-order valence-electron chi connectivity index (χ4n) is 2.91. The van der Waals surface area contributed by atoms with Crippen molar-refractivity contribution in [3.63, 3.8) is 0 Å². The zero-order valence-corrected chi connectivity index (χ0v) is 19.9. The first-order valence-electron chi connectivity index (χ1n) is 9.39. The molecular formula is C20H33IN4OS. The van der Waals surface area contributed by atoms with Crippen LogP contribution >= 0.6 is 35.3 Å². The van der Waals surface area contributed by atoms with Crippen LogP contribution < -0.4 is 10.6 Å². The standard InChI is InChI=1S/C20H32N4OS.HI/c1-16(2)24(17(3)4)12-11-22-20(23-15-19-8-6-14-26-19)21-10-9-18-7-5-13-25-18;/h5-8,13-14,16-17H,9-12,15H2,1-4H3,(H2,21,22,23);1H. The molecule has 2 heterocycles. The minimum Gasteiger partial charge on any atom is -0.469 e. The van der Waals surface area contributed by atoms with Crippen LogP contribution in [0.3, 0.4) is 0 Å². The van der Waals surface area contributed by atoms with E-state index in [2.05, 4.69) is 60.7 Å². The van der Waals surface area contributed by atoms with Gasteiger partial charge in [0.1, 0.15) is 5.76 Å². The molecule has 0 radical (unpaired) electrons. The normalized spacial score (nSPS) is 11.9. The van der Waals surface area contributed by atoms with Crippen LogP contribution in [0.4, 0.5) is 0 Å². The fourth-order valence-corrected chi connectivity index (χ4v) is 3.54. The molecule has 0 saturated carbocycles. The van der Waals surface area contributed by atoms with E-state index in [1.165, 1.54) is 4.88 Å². The molecule has 2 rings (SSSR count). The van der Waals surface area contributed by atoms with E-state index in [0.29, 0.717) is 18.6 Å². The van der Waals surface area contributed by atoms with Gasteiger partial charge in [-0.1, -0.05) is 6.07 Å². The molecule has 0 aromatic carbocycles. The predicted octanol–water partition coefficient (Wildman–Crippen LogP) is 4.36. The molecule has 2 aromatic rings. The first-order chi connectivity index (χ1) is 12.6. The Morgan fingerprint density at radius 3 is 2.44 bits per heavy atom. The van der Waals surface area contributed by atoms with Crippen LogP contribution in [-0.4, -0.2) is 42.6 Å². The van der Waals surface area contributed by atoms with Gasteiger partial charge in [0.15, 0.2) is 5.96 Å². The SMILES string of the molecule is CC(C)N(CCNC(=NCc1cccs1)NCCc1ccco1)C(C)C.I. The number of halogens is 1. The zero-order chi connectivity index (χ0) is 18.8. The number of nitrogens with one attached hydrogen (secondary N) is 2. The number of guanidine groups is 1. The number of nitrogens with zero attached hydrogens (tertiary/aromatic N) is 2. The molecule has 0 atom stereocenters. The summed E-state index contributed by atoms with van der Waals surface area (Å²) in [6, 6.07) is 9.18. The number of thiophene rings is 1. The van der Waals surface area contributed by atoms with Gasteiger partial charge >= 0.3 is 0 Å². The van der Waals surface area contributed by atoms with Gasteiger partial charge in [0.05, 0.1) is 12.8 Å². The highest BCUT2D eigenvalue weighted by Crippen LogP contribution is 2.09. The molecule has 2 N–H and O–H groups in total. The van der Waals surface area contributed by atoms with Crippen LogP contribution in [0, 0.1) is 0 Å². The lowest BCUT2D eigenvalue weighted by Gasteiger charge is -2.30. The van der Waals surface area contributed by atoms with Crippen LogP contribution in [0.2, 0.25) is 0 Å². The molecule has 0 fully saturated rings. The second kappa shape index (κ2) is 13.2. The molecule has 0 bridgehead atoms. The van der Waals surface area contributed by atoms with Crippen molar-refractivity contribution in [1.82, 2.24) is 15.5 Å². The molecule has 5 nitrogen and oxygen atoms in total. The minimum atomic E-state index is 0. The van der Waals surface area contributed by atoms with E-state index in [-0.39, 0.29) is 24.0 Å².